The molecule has 3 atom stereocenters. The average Bonchev–Trinajstić information content (AvgIpc) is 3.49. The van der Waals surface area contributed by atoms with E-state index in [-0.39, 0.29) is 0 Å². The van der Waals surface area contributed by atoms with Crippen LogP contribution in [-0.4, -0.2) is 75.1 Å². The number of tetrazole rings is 1. The molecule has 0 unspecified atom stereocenters. The van der Waals surface area contributed by atoms with Crippen LogP contribution in [0.25, 0.3) is 0 Å². The van der Waals surface area contributed by atoms with Gasteiger partial charge in [0.1, 0.15) is 6.33 Å². The van der Waals surface area contributed by atoms with Gasteiger partial charge in [-0.15, -0.1) is 5.10 Å². The Hall–Kier alpha value is -2.19. The third-order valence-corrected chi connectivity index (χ3v) is 7.14. The first kappa shape index (κ1) is 16.7. The third-order valence-electron chi connectivity index (χ3n) is 7.14. The van der Waals surface area contributed by atoms with Crippen LogP contribution in [0.4, 0.5) is 0 Å². The summed E-state index contributed by atoms with van der Waals surface area (Å²) >= 11 is 0. The van der Waals surface area contributed by atoms with E-state index in [0.717, 1.165) is 43.5 Å². The smallest absolute Gasteiger partial charge is 0.231 e. The number of rotatable bonds is 5. The first-order valence-corrected chi connectivity index (χ1v) is 10.5. The Balaban J connectivity index is 1.24. The maximum Gasteiger partial charge on any atom is 0.231 e. The lowest BCUT2D eigenvalue weighted by Gasteiger charge is -2.51. The monoisotopic (exact) mass is 382 g/mol. The number of fused-ring (bicyclic) bond motifs is 3. The standard InChI is InChI=1S/C20H26N6O2/c1(7-26-12-21-22-23-26)6-25-11-16(15-2-3-17-18(10-15)28-13-27-17)20-19(25)14-4-8-24(20)9-5-14/h2-3,10,12,14,16,19-20H,1,4-9,11,13H2/t16-,19+,20+/m0/s1. The number of hydrogen-bond donors (Lipinski definition) is 0. The highest BCUT2D eigenvalue weighted by Crippen LogP contribution is 2.47. The molecule has 2 aromatic rings. The summed E-state index contributed by atoms with van der Waals surface area (Å²) in [5.74, 6) is 3.15. The molecular weight excluding hydrogens is 356 g/mol. The van der Waals surface area contributed by atoms with Crippen molar-refractivity contribution in [1.82, 2.24) is 30.0 Å². The number of ether oxygens (including phenoxy) is 2. The molecule has 7 rings (SSSR count). The van der Waals surface area contributed by atoms with Gasteiger partial charge in [0.05, 0.1) is 0 Å². The fourth-order valence-electron chi connectivity index (χ4n) is 5.95. The molecule has 4 fully saturated rings. The first-order chi connectivity index (χ1) is 13.9. The van der Waals surface area contributed by atoms with Gasteiger partial charge < -0.3 is 9.47 Å². The molecule has 0 N–H and O–H groups in total. The van der Waals surface area contributed by atoms with E-state index >= 15 is 0 Å². The Morgan fingerprint density at radius 2 is 1.93 bits per heavy atom. The van der Waals surface area contributed by atoms with E-state index in [2.05, 4.69) is 43.5 Å². The predicted octanol–water partition coefficient (Wildman–Crippen LogP) is 1.35. The van der Waals surface area contributed by atoms with Crippen LogP contribution < -0.4 is 9.47 Å². The van der Waals surface area contributed by atoms with Crippen LogP contribution in [0.3, 0.4) is 0 Å². The van der Waals surface area contributed by atoms with Crippen molar-refractivity contribution in [2.24, 2.45) is 5.92 Å². The Labute approximate surface area is 164 Å². The van der Waals surface area contributed by atoms with Crippen molar-refractivity contribution in [3.05, 3.63) is 30.1 Å². The van der Waals surface area contributed by atoms with E-state index in [1.165, 1.54) is 31.5 Å². The lowest BCUT2D eigenvalue weighted by molar-refractivity contribution is -0.00699. The number of aromatic nitrogens is 4. The molecule has 0 aliphatic carbocycles. The van der Waals surface area contributed by atoms with Crippen LogP contribution in [0.5, 0.6) is 11.5 Å². The minimum atomic E-state index is 0.340. The zero-order valence-electron chi connectivity index (χ0n) is 16.0. The molecule has 28 heavy (non-hydrogen) atoms. The summed E-state index contributed by atoms with van der Waals surface area (Å²) in [5, 5.41) is 11.5. The maximum atomic E-state index is 5.66. The van der Waals surface area contributed by atoms with Crippen molar-refractivity contribution in [1.29, 1.82) is 0 Å². The second-order valence-electron chi connectivity index (χ2n) is 8.50. The Morgan fingerprint density at radius 3 is 2.79 bits per heavy atom. The van der Waals surface area contributed by atoms with Crippen molar-refractivity contribution in [2.45, 2.75) is 43.8 Å². The molecule has 148 valence electrons. The Kier molecular flexibility index (Phi) is 4.01. The minimum Gasteiger partial charge on any atom is -0.454 e. The van der Waals surface area contributed by atoms with E-state index in [1.807, 2.05) is 4.68 Å². The average molecular weight is 382 g/mol. The van der Waals surface area contributed by atoms with Gasteiger partial charge in [0.15, 0.2) is 11.5 Å². The number of benzene rings is 1. The normalized spacial score (nSPS) is 33.4. The van der Waals surface area contributed by atoms with E-state index in [1.54, 1.807) is 6.33 Å². The van der Waals surface area contributed by atoms with Gasteiger partial charge in [0.2, 0.25) is 6.79 Å². The highest BCUT2D eigenvalue weighted by molar-refractivity contribution is 5.46. The van der Waals surface area contributed by atoms with Gasteiger partial charge in [-0.1, -0.05) is 6.07 Å². The van der Waals surface area contributed by atoms with Crippen molar-refractivity contribution in [3.8, 4) is 11.5 Å². The fourth-order valence-corrected chi connectivity index (χ4v) is 5.95. The quantitative estimate of drug-likeness (QED) is 0.773. The summed E-state index contributed by atoms with van der Waals surface area (Å²) in [4.78, 5) is 5.50. The highest BCUT2D eigenvalue weighted by Gasteiger charge is 2.53. The molecule has 8 heteroatoms. The molecule has 4 saturated heterocycles. The molecule has 5 aliphatic rings. The van der Waals surface area contributed by atoms with Crippen LogP contribution in [0.1, 0.15) is 30.7 Å². The topological polar surface area (TPSA) is 68.5 Å². The molecule has 2 bridgehead atoms. The van der Waals surface area contributed by atoms with E-state index in [9.17, 15) is 0 Å². The lowest BCUT2D eigenvalue weighted by atomic mass is 9.75. The fraction of sp³-hybridized carbons (Fsp3) is 0.650. The van der Waals surface area contributed by atoms with Crippen molar-refractivity contribution >= 4 is 0 Å². The van der Waals surface area contributed by atoms with E-state index < -0.39 is 0 Å². The molecular formula is C20H26N6O2. The maximum absolute atomic E-state index is 5.66. The largest absolute Gasteiger partial charge is 0.454 e. The van der Waals surface area contributed by atoms with Gasteiger partial charge in [-0.3, -0.25) is 9.80 Å². The third kappa shape index (κ3) is 2.69. The molecule has 0 saturated carbocycles. The van der Waals surface area contributed by atoms with Gasteiger partial charge in [-0.25, -0.2) is 4.68 Å². The Morgan fingerprint density at radius 1 is 1.04 bits per heavy atom. The van der Waals surface area contributed by atoms with Gasteiger partial charge in [0, 0.05) is 37.6 Å². The van der Waals surface area contributed by atoms with Gasteiger partial charge in [-0.2, -0.15) is 0 Å². The molecule has 6 heterocycles. The summed E-state index contributed by atoms with van der Waals surface area (Å²) in [7, 11) is 0. The summed E-state index contributed by atoms with van der Waals surface area (Å²) in [6.45, 7) is 5.96. The molecule has 0 radical (unpaired) electrons. The number of hydrogen-bond acceptors (Lipinski definition) is 7. The lowest BCUT2D eigenvalue weighted by Crippen LogP contribution is -2.60. The summed E-state index contributed by atoms with van der Waals surface area (Å²) in [6, 6.07) is 7.86. The number of aryl methyl sites for hydroxylation is 1. The number of piperidine rings is 3. The van der Waals surface area contributed by atoms with E-state index in [0.29, 0.717) is 24.8 Å². The summed E-state index contributed by atoms with van der Waals surface area (Å²) in [6.07, 6.45) is 5.47. The van der Waals surface area contributed by atoms with E-state index in [4.69, 9.17) is 9.47 Å². The second kappa shape index (κ2) is 6.70. The van der Waals surface area contributed by atoms with Crippen LogP contribution in [0.15, 0.2) is 24.5 Å². The molecule has 8 nitrogen and oxygen atoms in total. The van der Waals surface area contributed by atoms with Gasteiger partial charge >= 0.3 is 0 Å². The SMILES string of the molecule is c1cc2c(cc1[C@@H]1CN(CCCn3cnnn3)[C@@H]3C4CCN(CC4)[C@@H]31)OCO2. The van der Waals surface area contributed by atoms with Crippen molar-refractivity contribution in [3.63, 3.8) is 0 Å². The summed E-state index contributed by atoms with van der Waals surface area (Å²) in [5.41, 5.74) is 1.40. The van der Waals surface area contributed by atoms with Gasteiger partial charge in [0.25, 0.3) is 0 Å². The molecule has 0 spiro atoms. The molecule has 5 aliphatic heterocycles. The number of nitrogens with zero attached hydrogens (tertiary/aromatic N) is 6. The first-order valence-electron chi connectivity index (χ1n) is 10.5. The van der Waals surface area contributed by atoms with Crippen LogP contribution in [0, 0.1) is 5.92 Å². The zero-order chi connectivity index (χ0) is 18.5. The predicted molar refractivity (Wildman–Crippen MR) is 101 cm³/mol. The minimum absolute atomic E-state index is 0.340. The van der Waals surface area contributed by atoms with Crippen molar-refractivity contribution < 1.29 is 9.47 Å². The van der Waals surface area contributed by atoms with Crippen molar-refractivity contribution in [2.75, 3.05) is 33.0 Å². The molecule has 1 aromatic heterocycles. The van der Waals surface area contributed by atoms with Crippen LogP contribution >= 0.6 is 0 Å². The van der Waals surface area contributed by atoms with Gasteiger partial charge in [-0.05, 0) is 66.4 Å². The van der Waals surface area contributed by atoms with Crippen LogP contribution in [-0.2, 0) is 6.54 Å². The number of likely N-dealkylation sites (tertiary alicyclic amines) is 1. The Bertz CT molecular complexity index is 835. The highest BCUT2D eigenvalue weighted by atomic mass is 16.7. The molecule has 1 aromatic carbocycles. The molecule has 0 amide bonds. The zero-order valence-corrected chi connectivity index (χ0v) is 16.0. The van der Waals surface area contributed by atoms with Crippen LogP contribution in [0.2, 0.25) is 0 Å². The second-order valence-corrected chi connectivity index (χ2v) is 8.50. The summed E-state index contributed by atoms with van der Waals surface area (Å²) < 4.78 is 13.0.